The fourth-order valence-electron chi connectivity index (χ4n) is 2.27. The van der Waals surface area contributed by atoms with Crippen molar-refractivity contribution in [3.63, 3.8) is 0 Å². The zero-order valence-electron chi connectivity index (χ0n) is 10.5. The van der Waals surface area contributed by atoms with Crippen molar-refractivity contribution in [3.8, 4) is 0 Å². The zero-order chi connectivity index (χ0) is 13.7. The number of anilines is 1. The molecule has 1 fully saturated rings. The van der Waals surface area contributed by atoms with Gasteiger partial charge in [0, 0.05) is 32.0 Å². The second kappa shape index (κ2) is 6.81. The van der Waals surface area contributed by atoms with E-state index in [1.165, 1.54) is 0 Å². The summed E-state index contributed by atoms with van der Waals surface area (Å²) in [7, 11) is 0. The van der Waals surface area contributed by atoms with Gasteiger partial charge in [0.1, 0.15) is 0 Å². The Morgan fingerprint density at radius 1 is 1.53 bits per heavy atom. The molecule has 19 heavy (non-hydrogen) atoms. The minimum absolute atomic E-state index is 0.0191. The molecule has 6 nitrogen and oxygen atoms in total. The molecule has 1 aliphatic heterocycles. The molecule has 1 aliphatic rings. The number of rotatable bonds is 5. The molecule has 1 unspecified atom stereocenters. The Kier molecular flexibility index (Phi) is 5.09. The van der Waals surface area contributed by atoms with Gasteiger partial charge in [0.25, 0.3) is 0 Å². The van der Waals surface area contributed by atoms with Crippen LogP contribution in [0.2, 0.25) is 0 Å². The van der Waals surface area contributed by atoms with Crippen molar-refractivity contribution in [1.29, 1.82) is 0 Å². The molecule has 7 heteroatoms. The van der Waals surface area contributed by atoms with Gasteiger partial charge in [0.05, 0.1) is 11.0 Å². The Balaban J connectivity index is 1.86. The third kappa shape index (κ3) is 4.43. The number of nitrogens with zero attached hydrogens (tertiary/aromatic N) is 3. The number of carboxylic acid groups (broad SMARTS) is 1. The first-order valence-electron chi connectivity index (χ1n) is 6.30. The molecule has 1 saturated heterocycles. The van der Waals surface area contributed by atoms with Crippen LogP contribution in [-0.4, -0.2) is 47.2 Å². The van der Waals surface area contributed by atoms with E-state index in [0.29, 0.717) is 5.92 Å². The van der Waals surface area contributed by atoms with Gasteiger partial charge < -0.3 is 15.3 Å². The maximum Gasteiger partial charge on any atom is 0.317 e. The van der Waals surface area contributed by atoms with Gasteiger partial charge in [0.2, 0.25) is 5.95 Å². The van der Waals surface area contributed by atoms with Crippen LogP contribution in [0.3, 0.4) is 0 Å². The molecular formula is C12H17BrN4O2. The van der Waals surface area contributed by atoms with Crippen LogP contribution < -0.4 is 10.2 Å². The highest BCUT2D eigenvalue weighted by atomic mass is 79.9. The highest BCUT2D eigenvalue weighted by molar-refractivity contribution is 9.10. The Bertz CT molecular complexity index is 426. The number of aliphatic carboxylic acids is 1. The highest BCUT2D eigenvalue weighted by Crippen LogP contribution is 2.20. The molecule has 0 aliphatic carbocycles. The minimum Gasteiger partial charge on any atom is -0.480 e. The Hall–Kier alpha value is -1.21. The smallest absolute Gasteiger partial charge is 0.317 e. The van der Waals surface area contributed by atoms with Gasteiger partial charge in [0.15, 0.2) is 0 Å². The summed E-state index contributed by atoms with van der Waals surface area (Å²) in [5, 5.41) is 11.6. The van der Waals surface area contributed by atoms with E-state index in [-0.39, 0.29) is 6.54 Å². The normalized spacial score (nSPS) is 19.4. The van der Waals surface area contributed by atoms with Gasteiger partial charge in [-0.05, 0) is 34.7 Å². The number of piperidine rings is 1. The maximum atomic E-state index is 10.5. The number of nitrogens with one attached hydrogen (secondary N) is 1. The largest absolute Gasteiger partial charge is 0.480 e. The quantitative estimate of drug-likeness (QED) is 0.843. The lowest BCUT2D eigenvalue weighted by molar-refractivity contribution is -0.136. The topological polar surface area (TPSA) is 78.4 Å². The van der Waals surface area contributed by atoms with Crippen molar-refractivity contribution < 1.29 is 9.90 Å². The first-order valence-corrected chi connectivity index (χ1v) is 7.09. The van der Waals surface area contributed by atoms with Crippen LogP contribution >= 0.6 is 15.9 Å². The summed E-state index contributed by atoms with van der Waals surface area (Å²) in [6.07, 6.45) is 5.68. The Morgan fingerprint density at radius 2 is 2.26 bits per heavy atom. The lowest BCUT2D eigenvalue weighted by atomic mass is 9.98. The molecule has 0 saturated carbocycles. The van der Waals surface area contributed by atoms with Gasteiger partial charge in [-0.25, -0.2) is 9.97 Å². The molecule has 2 rings (SSSR count). The average Bonchev–Trinajstić information content (AvgIpc) is 2.39. The van der Waals surface area contributed by atoms with E-state index in [4.69, 9.17) is 5.11 Å². The molecule has 0 aromatic carbocycles. The van der Waals surface area contributed by atoms with E-state index in [0.717, 1.165) is 42.9 Å². The van der Waals surface area contributed by atoms with Gasteiger partial charge in [-0.15, -0.1) is 0 Å². The third-order valence-electron chi connectivity index (χ3n) is 3.12. The third-order valence-corrected chi connectivity index (χ3v) is 3.53. The van der Waals surface area contributed by atoms with Crippen LogP contribution in [0.25, 0.3) is 0 Å². The van der Waals surface area contributed by atoms with Crippen molar-refractivity contribution in [2.45, 2.75) is 12.8 Å². The first kappa shape index (κ1) is 14.2. The molecular weight excluding hydrogens is 312 g/mol. The summed E-state index contributed by atoms with van der Waals surface area (Å²) in [6, 6.07) is 0. The summed E-state index contributed by atoms with van der Waals surface area (Å²) < 4.78 is 0.868. The van der Waals surface area contributed by atoms with Crippen LogP contribution in [0.1, 0.15) is 12.8 Å². The molecule has 1 aromatic rings. The van der Waals surface area contributed by atoms with Crippen molar-refractivity contribution >= 4 is 27.8 Å². The zero-order valence-corrected chi connectivity index (χ0v) is 12.1. The van der Waals surface area contributed by atoms with Crippen molar-refractivity contribution in [1.82, 2.24) is 15.3 Å². The number of aromatic nitrogens is 2. The Labute approximate surface area is 120 Å². The molecule has 1 atom stereocenters. The second-order valence-electron chi connectivity index (χ2n) is 4.68. The molecule has 0 amide bonds. The average molecular weight is 329 g/mol. The lowest BCUT2D eigenvalue weighted by Crippen LogP contribution is -2.41. The van der Waals surface area contributed by atoms with Gasteiger partial charge in [-0.2, -0.15) is 0 Å². The van der Waals surface area contributed by atoms with Crippen molar-refractivity contribution in [2.24, 2.45) is 5.92 Å². The summed E-state index contributed by atoms with van der Waals surface area (Å²) in [5.41, 5.74) is 0. The van der Waals surface area contributed by atoms with E-state index in [9.17, 15) is 4.79 Å². The fourth-order valence-corrected chi connectivity index (χ4v) is 2.47. The fraction of sp³-hybridized carbons (Fsp3) is 0.583. The standard InChI is InChI=1S/C12H17BrN4O2/c13-10-5-15-12(16-6-10)17-3-1-2-9(8-17)4-14-7-11(18)19/h5-6,9,14H,1-4,7-8H2,(H,18,19). The molecule has 0 radical (unpaired) electrons. The van der Waals surface area contributed by atoms with Crippen LogP contribution in [0.5, 0.6) is 0 Å². The summed E-state index contributed by atoms with van der Waals surface area (Å²) in [5.74, 6) is 0.371. The molecule has 2 N–H and O–H groups in total. The molecule has 0 bridgehead atoms. The molecule has 2 heterocycles. The first-order chi connectivity index (χ1) is 9.15. The molecule has 1 aromatic heterocycles. The second-order valence-corrected chi connectivity index (χ2v) is 5.60. The number of hydrogen-bond acceptors (Lipinski definition) is 5. The lowest BCUT2D eigenvalue weighted by Gasteiger charge is -2.32. The van der Waals surface area contributed by atoms with Gasteiger partial charge in [-0.3, -0.25) is 4.79 Å². The predicted molar refractivity (Wildman–Crippen MR) is 75.2 cm³/mol. The molecule has 0 spiro atoms. The Morgan fingerprint density at radius 3 is 2.95 bits per heavy atom. The van der Waals surface area contributed by atoms with E-state index < -0.39 is 5.97 Å². The van der Waals surface area contributed by atoms with Gasteiger partial charge >= 0.3 is 5.97 Å². The van der Waals surface area contributed by atoms with Crippen LogP contribution in [-0.2, 0) is 4.79 Å². The number of halogens is 1. The van der Waals surface area contributed by atoms with Crippen molar-refractivity contribution in [3.05, 3.63) is 16.9 Å². The van der Waals surface area contributed by atoms with Gasteiger partial charge in [-0.1, -0.05) is 0 Å². The van der Waals surface area contributed by atoms with E-state index >= 15 is 0 Å². The van der Waals surface area contributed by atoms with Crippen LogP contribution in [0, 0.1) is 5.92 Å². The summed E-state index contributed by atoms with van der Waals surface area (Å²) in [6.45, 7) is 2.57. The minimum atomic E-state index is -0.816. The summed E-state index contributed by atoms with van der Waals surface area (Å²) in [4.78, 5) is 21.2. The number of hydrogen-bond donors (Lipinski definition) is 2. The van der Waals surface area contributed by atoms with Crippen molar-refractivity contribution in [2.75, 3.05) is 31.1 Å². The van der Waals surface area contributed by atoms with E-state index in [2.05, 4.69) is 36.1 Å². The highest BCUT2D eigenvalue weighted by Gasteiger charge is 2.21. The van der Waals surface area contributed by atoms with E-state index in [1.54, 1.807) is 12.4 Å². The summed E-state index contributed by atoms with van der Waals surface area (Å²) >= 11 is 3.32. The monoisotopic (exact) mass is 328 g/mol. The predicted octanol–water partition coefficient (Wildman–Crippen LogP) is 1.13. The number of carboxylic acids is 1. The maximum absolute atomic E-state index is 10.5. The SMILES string of the molecule is O=C(O)CNCC1CCCN(c2ncc(Br)cn2)C1. The van der Waals surface area contributed by atoms with Crippen LogP contribution in [0.4, 0.5) is 5.95 Å². The van der Waals surface area contributed by atoms with E-state index in [1.807, 2.05) is 0 Å². The number of carbonyl (C=O) groups is 1. The van der Waals surface area contributed by atoms with Crippen LogP contribution in [0.15, 0.2) is 16.9 Å². The molecule has 104 valence electrons.